The van der Waals surface area contributed by atoms with Gasteiger partial charge in [-0.05, 0) is 25.1 Å². The molecule has 1 aromatic carbocycles. The van der Waals surface area contributed by atoms with Gasteiger partial charge in [-0.1, -0.05) is 0 Å². The largest absolute Gasteiger partial charge is 0.305 e. The Hall–Kier alpha value is -3.99. The van der Waals surface area contributed by atoms with Crippen molar-refractivity contribution < 1.29 is 9.72 Å². The van der Waals surface area contributed by atoms with Crippen LogP contribution in [0.1, 0.15) is 16.2 Å². The maximum absolute atomic E-state index is 12.7. The molecule has 3 aromatic heterocycles. The lowest BCUT2D eigenvalue weighted by molar-refractivity contribution is -0.384. The van der Waals surface area contributed by atoms with Crippen molar-refractivity contribution in [2.24, 2.45) is 0 Å². The molecule has 1 N–H and O–H groups in total. The van der Waals surface area contributed by atoms with E-state index >= 15 is 0 Å². The Balaban J connectivity index is 1.58. The van der Waals surface area contributed by atoms with E-state index < -0.39 is 10.8 Å². The van der Waals surface area contributed by atoms with Crippen LogP contribution in [0.4, 0.5) is 11.5 Å². The summed E-state index contributed by atoms with van der Waals surface area (Å²) in [5.74, 6) is 0.460. The van der Waals surface area contributed by atoms with Gasteiger partial charge in [0.2, 0.25) is 0 Å². The topological polar surface area (TPSA) is 129 Å². The van der Waals surface area contributed by atoms with Crippen LogP contribution in [0.2, 0.25) is 0 Å². The fourth-order valence-electron chi connectivity index (χ4n) is 2.57. The predicted octanol–water partition coefficient (Wildman–Crippen LogP) is 3.25. The van der Waals surface area contributed by atoms with Crippen LogP contribution in [0.5, 0.6) is 0 Å². The van der Waals surface area contributed by atoms with Crippen molar-refractivity contribution in [3.63, 3.8) is 0 Å². The first-order chi connectivity index (χ1) is 14.0. The van der Waals surface area contributed by atoms with Crippen LogP contribution < -0.4 is 5.32 Å². The van der Waals surface area contributed by atoms with E-state index in [1.54, 1.807) is 49.0 Å². The molecule has 3 heterocycles. The number of nitro groups is 1. The Morgan fingerprint density at radius 3 is 2.62 bits per heavy atom. The molecule has 4 aromatic rings. The van der Waals surface area contributed by atoms with Gasteiger partial charge in [-0.2, -0.15) is 5.10 Å². The second-order valence-corrected chi connectivity index (χ2v) is 6.78. The smallest absolute Gasteiger partial charge is 0.276 e. The number of benzene rings is 1. The number of carbonyl (C=O) groups is 1. The molecular formula is C18H13N7O3S. The highest BCUT2D eigenvalue weighted by molar-refractivity contribution is 7.13. The third kappa shape index (κ3) is 3.84. The molecule has 0 spiro atoms. The van der Waals surface area contributed by atoms with Crippen LogP contribution in [0.25, 0.3) is 16.5 Å². The van der Waals surface area contributed by atoms with Crippen LogP contribution in [-0.2, 0) is 0 Å². The summed E-state index contributed by atoms with van der Waals surface area (Å²) in [6, 6.07) is 9.29. The number of nitro benzene ring substituents is 1. The first kappa shape index (κ1) is 18.4. The summed E-state index contributed by atoms with van der Waals surface area (Å²) in [5.41, 5.74) is 1.46. The number of amides is 1. The molecule has 0 radical (unpaired) electrons. The number of aromatic nitrogens is 5. The number of thiazole rings is 1. The van der Waals surface area contributed by atoms with E-state index in [-0.39, 0.29) is 11.4 Å². The minimum Gasteiger partial charge on any atom is -0.305 e. The lowest BCUT2D eigenvalue weighted by atomic mass is 10.3. The normalized spacial score (nSPS) is 10.7. The van der Waals surface area contributed by atoms with Crippen LogP contribution in [0.15, 0.2) is 54.2 Å². The van der Waals surface area contributed by atoms with Crippen molar-refractivity contribution in [2.75, 3.05) is 5.32 Å². The highest BCUT2D eigenvalue weighted by Gasteiger charge is 2.17. The Labute approximate surface area is 168 Å². The van der Waals surface area contributed by atoms with Crippen molar-refractivity contribution in [3.05, 3.63) is 75.7 Å². The molecule has 0 unspecified atom stereocenters. The molecule has 1 amide bonds. The molecular weight excluding hydrogens is 394 g/mol. The van der Waals surface area contributed by atoms with Gasteiger partial charge in [0.15, 0.2) is 10.8 Å². The number of non-ortho nitro benzene ring substituents is 1. The van der Waals surface area contributed by atoms with Crippen molar-refractivity contribution in [1.29, 1.82) is 0 Å². The summed E-state index contributed by atoms with van der Waals surface area (Å²) in [6.45, 7) is 1.78. The van der Waals surface area contributed by atoms with Gasteiger partial charge in [-0.3, -0.25) is 14.9 Å². The number of hydrogen-bond acceptors (Lipinski definition) is 8. The van der Waals surface area contributed by atoms with Crippen LogP contribution in [-0.4, -0.2) is 35.6 Å². The predicted molar refractivity (Wildman–Crippen MR) is 106 cm³/mol. The molecule has 0 bridgehead atoms. The lowest BCUT2D eigenvalue weighted by Gasteiger charge is -2.08. The third-order valence-corrected chi connectivity index (χ3v) is 4.71. The number of nitrogens with zero attached hydrogens (tertiary/aromatic N) is 6. The molecule has 10 nitrogen and oxygen atoms in total. The first-order valence-electron chi connectivity index (χ1n) is 8.37. The monoisotopic (exact) mass is 407 g/mol. The minimum absolute atomic E-state index is 0.0265. The van der Waals surface area contributed by atoms with Gasteiger partial charge < -0.3 is 5.32 Å². The highest BCUT2D eigenvalue weighted by atomic mass is 32.1. The molecule has 0 aliphatic heterocycles. The molecule has 0 fully saturated rings. The van der Waals surface area contributed by atoms with Gasteiger partial charge in [0.05, 0.1) is 16.3 Å². The average molecular weight is 407 g/mol. The number of anilines is 1. The van der Waals surface area contributed by atoms with Crippen molar-refractivity contribution in [2.45, 2.75) is 6.92 Å². The zero-order valence-electron chi connectivity index (χ0n) is 15.0. The van der Waals surface area contributed by atoms with Crippen molar-refractivity contribution >= 4 is 28.7 Å². The molecule has 29 heavy (non-hydrogen) atoms. The summed E-state index contributed by atoms with van der Waals surface area (Å²) >= 11 is 1.27. The highest BCUT2D eigenvalue weighted by Crippen LogP contribution is 2.23. The molecule has 0 saturated carbocycles. The standard InChI is InChI=1S/C18H13N7O3S/c1-11-9-15(24(23-11)12-3-5-13(6-4-12)25(27)28)22-17(26)14-10-29-18(21-14)16-19-7-2-8-20-16/h2-10H,1H3,(H,22,26). The van der Waals surface area contributed by atoms with Gasteiger partial charge in [0.1, 0.15) is 11.5 Å². The minimum atomic E-state index is -0.475. The Morgan fingerprint density at radius 1 is 1.21 bits per heavy atom. The number of carbonyl (C=O) groups excluding carboxylic acids is 1. The van der Waals surface area contributed by atoms with E-state index in [0.29, 0.717) is 28.0 Å². The Kier molecular flexibility index (Phi) is 4.79. The van der Waals surface area contributed by atoms with E-state index in [9.17, 15) is 14.9 Å². The van der Waals surface area contributed by atoms with E-state index in [4.69, 9.17) is 0 Å². The second kappa shape index (κ2) is 7.56. The lowest BCUT2D eigenvalue weighted by Crippen LogP contribution is -2.15. The van der Waals surface area contributed by atoms with Crippen LogP contribution in [0.3, 0.4) is 0 Å². The molecule has 0 saturated heterocycles. The second-order valence-electron chi connectivity index (χ2n) is 5.92. The molecule has 11 heteroatoms. The first-order valence-corrected chi connectivity index (χ1v) is 9.25. The summed E-state index contributed by atoms with van der Waals surface area (Å²) in [7, 11) is 0. The van der Waals surface area contributed by atoms with Crippen molar-refractivity contribution in [3.8, 4) is 16.5 Å². The Bertz CT molecular complexity index is 1190. The molecule has 0 atom stereocenters. The van der Waals surface area contributed by atoms with E-state index in [2.05, 4.69) is 25.4 Å². The fraction of sp³-hybridized carbons (Fsp3) is 0.0556. The van der Waals surface area contributed by atoms with Crippen molar-refractivity contribution in [1.82, 2.24) is 24.7 Å². The van der Waals surface area contributed by atoms with E-state index in [1.807, 2.05) is 0 Å². The quantitative estimate of drug-likeness (QED) is 0.397. The average Bonchev–Trinajstić information content (AvgIpc) is 3.36. The number of aryl methyl sites for hydroxylation is 1. The van der Waals surface area contributed by atoms with Gasteiger partial charge in [-0.25, -0.2) is 19.6 Å². The molecule has 0 aliphatic carbocycles. The maximum Gasteiger partial charge on any atom is 0.276 e. The van der Waals surface area contributed by atoms with E-state index in [0.717, 1.165) is 0 Å². The summed E-state index contributed by atoms with van der Waals surface area (Å²) < 4.78 is 1.50. The SMILES string of the molecule is Cc1cc(NC(=O)c2csc(-c3ncccn3)n2)n(-c2ccc([N+](=O)[O-])cc2)n1. The summed E-state index contributed by atoms with van der Waals surface area (Å²) in [6.07, 6.45) is 3.21. The summed E-state index contributed by atoms with van der Waals surface area (Å²) in [5, 5.41) is 20.1. The van der Waals surface area contributed by atoms with Crippen LogP contribution in [0, 0.1) is 17.0 Å². The number of hydrogen-bond donors (Lipinski definition) is 1. The maximum atomic E-state index is 12.7. The number of rotatable bonds is 5. The van der Waals surface area contributed by atoms with Gasteiger partial charge in [0.25, 0.3) is 11.6 Å². The van der Waals surface area contributed by atoms with Gasteiger partial charge >= 0.3 is 0 Å². The molecule has 4 rings (SSSR count). The molecule has 144 valence electrons. The zero-order valence-corrected chi connectivity index (χ0v) is 15.8. The van der Waals surface area contributed by atoms with Gasteiger partial charge in [-0.15, -0.1) is 11.3 Å². The molecule has 0 aliphatic rings. The Morgan fingerprint density at radius 2 is 1.93 bits per heavy atom. The zero-order chi connectivity index (χ0) is 20.4. The fourth-order valence-corrected chi connectivity index (χ4v) is 3.32. The third-order valence-electron chi connectivity index (χ3n) is 3.87. The summed E-state index contributed by atoms with van der Waals surface area (Å²) in [4.78, 5) is 35.6. The van der Waals surface area contributed by atoms with Gasteiger partial charge in [0, 0.05) is 36.0 Å². The number of nitrogens with one attached hydrogen (secondary N) is 1. The van der Waals surface area contributed by atoms with Crippen LogP contribution >= 0.6 is 11.3 Å². The van der Waals surface area contributed by atoms with E-state index in [1.165, 1.54) is 28.2 Å².